The van der Waals surface area contributed by atoms with Crippen molar-refractivity contribution in [2.75, 3.05) is 0 Å². The zero-order valence-corrected chi connectivity index (χ0v) is 8.27. The van der Waals surface area contributed by atoms with Crippen LogP contribution in [-0.4, -0.2) is 22.0 Å². The molecule has 60 valence electrons. The third-order valence-electron chi connectivity index (χ3n) is 1.33. The van der Waals surface area contributed by atoms with E-state index in [0.717, 1.165) is 6.32 Å². The lowest BCUT2D eigenvalue weighted by Crippen LogP contribution is -1.98. The standard InChI is InChI=1S/C6H14.C2H5B3/c1-3-5-6-4-2;1-2-4-5-3/h3-6H2,1-2H3;2H2,1H3. The number of unbranched alkanes of at least 4 members (excludes halogenated alkanes) is 3. The van der Waals surface area contributed by atoms with Crippen LogP contribution in [0.4, 0.5) is 0 Å². The maximum atomic E-state index is 4.96. The molecule has 0 saturated carbocycles. The maximum absolute atomic E-state index is 4.96. The van der Waals surface area contributed by atoms with E-state index >= 15 is 0 Å². The van der Waals surface area contributed by atoms with Gasteiger partial charge >= 0.3 is 0 Å². The van der Waals surface area contributed by atoms with Gasteiger partial charge in [0.25, 0.3) is 0 Å². The molecule has 0 aliphatic rings. The Kier molecular flexibility index (Phi) is 20.8. The number of hydrogen-bond donors (Lipinski definition) is 0. The van der Waals surface area contributed by atoms with Crippen molar-refractivity contribution in [2.45, 2.75) is 52.8 Å². The van der Waals surface area contributed by atoms with E-state index in [1.807, 2.05) is 14.1 Å². The molecule has 0 bridgehead atoms. The summed E-state index contributed by atoms with van der Waals surface area (Å²) in [6.45, 7) is 6.51. The normalized spacial score (nSPS) is 7.91. The average Bonchev–Trinajstić information content (AvgIpc) is 2.04. The van der Waals surface area contributed by atoms with Gasteiger partial charge < -0.3 is 0 Å². The predicted molar refractivity (Wildman–Crippen MR) is 57.6 cm³/mol. The van der Waals surface area contributed by atoms with E-state index in [4.69, 9.17) is 7.74 Å². The van der Waals surface area contributed by atoms with Gasteiger partial charge in [0, 0.05) is 14.8 Å². The van der Waals surface area contributed by atoms with Gasteiger partial charge in [-0.1, -0.05) is 52.8 Å². The highest BCUT2D eigenvalue weighted by atomic mass is 13.8. The van der Waals surface area contributed by atoms with E-state index in [0.29, 0.717) is 0 Å². The van der Waals surface area contributed by atoms with Gasteiger partial charge in [0.15, 0.2) is 0 Å². The summed E-state index contributed by atoms with van der Waals surface area (Å²) in [5, 5.41) is 0. The van der Waals surface area contributed by atoms with Crippen LogP contribution >= 0.6 is 0 Å². The van der Waals surface area contributed by atoms with Crippen LogP contribution in [0.2, 0.25) is 6.32 Å². The van der Waals surface area contributed by atoms with E-state index in [-0.39, 0.29) is 0 Å². The molecule has 4 radical (unpaired) electrons. The molecule has 0 amide bonds. The molecule has 0 aromatic carbocycles. The minimum atomic E-state index is 1.04. The van der Waals surface area contributed by atoms with E-state index in [9.17, 15) is 0 Å². The summed E-state index contributed by atoms with van der Waals surface area (Å²) in [5.74, 6) is 0. The molecule has 11 heavy (non-hydrogen) atoms. The molecule has 0 N–H and O–H groups in total. The minimum absolute atomic E-state index is 1.04. The second kappa shape index (κ2) is 16.7. The molecule has 0 aliphatic heterocycles. The van der Waals surface area contributed by atoms with Crippen molar-refractivity contribution in [3.05, 3.63) is 0 Å². The Morgan fingerprint density at radius 2 is 1.45 bits per heavy atom. The fraction of sp³-hybridized carbons (Fsp3) is 1.00. The molecule has 0 heterocycles. The van der Waals surface area contributed by atoms with Crippen LogP contribution in [0.25, 0.3) is 0 Å². The molecule has 0 atom stereocenters. The fourth-order valence-electron chi connectivity index (χ4n) is 0.636. The summed E-state index contributed by atoms with van der Waals surface area (Å²) in [4.78, 5) is 0. The van der Waals surface area contributed by atoms with Crippen molar-refractivity contribution in [3.8, 4) is 0 Å². The molecule has 0 aromatic rings. The van der Waals surface area contributed by atoms with Crippen LogP contribution < -0.4 is 0 Å². The zero-order chi connectivity index (χ0) is 8.95. The maximum Gasteiger partial charge on any atom is 0.0541 e. The quantitative estimate of drug-likeness (QED) is 0.414. The van der Waals surface area contributed by atoms with Crippen molar-refractivity contribution in [3.63, 3.8) is 0 Å². The number of rotatable bonds is 5. The van der Waals surface area contributed by atoms with E-state index in [1.54, 1.807) is 7.06 Å². The highest BCUT2D eigenvalue weighted by Gasteiger charge is 1.75. The third-order valence-corrected chi connectivity index (χ3v) is 1.33. The summed E-state index contributed by atoms with van der Waals surface area (Å²) in [5.41, 5.74) is 0. The van der Waals surface area contributed by atoms with Crippen LogP contribution in [0.1, 0.15) is 46.5 Å². The van der Waals surface area contributed by atoms with Crippen LogP contribution in [0.3, 0.4) is 0 Å². The van der Waals surface area contributed by atoms with E-state index in [2.05, 4.69) is 13.8 Å². The Morgan fingerprint density at radius 3 is 1.55 bits per heavy atom. The van der Waals surface area contributed by atoms with Crippen LogP contribution in [0.15, 0.2) is 0 Å². The second-order valence-corrected chi connectivity index (χ2v) is 2.54. The molecular formula is C8H19B3. The Labute approximate surface area is 75.4 Å². The Hall–Kier alpha value is 0.195. The first-order valence-corrected chi connectivity index (χ1v) is 4.70. The largest absolute Gasteiger partial charge is 0.0923 e. The summed E-state index contributed by atoms with van der Waals surface area (Å²) in [6, 6.07) is 0. The lowest BCUT2D eigenvalue weighted by molar-refractivity contribution is 0.702. The first kappa shape index (κ1) is 13.8. The van der Waals surface area contributed by atoms with E-state index < -0.39 is 0 Å². The second-order valence-electron chi connectivity index (χ2n) is 2.54. The highest BCUT2D eigenvalue weighted by molar-refractivity contribution is 7.23. The number of hydrogen-bond acceptors (Lipinski definition) is 0. The molecule has 0 spiro atoms. The smallest absolute Gasteiger partial charge is 0.0541 e. The van der Waals surface area contributed by atoms with Gasteiger partial charge in [-0.25, -0.2) is 0 Å². The van der Waals surface area contributed by atoms with Gasteiger partial charge in [-0.3, -0.25) is 0 Å². The monoisotopic (exact) mass is 148 g/mol. The molecule has 0 unspecified atom stereocenters. The van der Waals surface area contributed by atoms with Crippen molar-refractivity contribution in [1.82, 2.24) is 0 Å². The summed E-state index contributed by atoms with van der Waals surface area (Å²) in [6.07, 6.45) is 6.57. The van der Waals surface area contributed by atoms with Gasteiger partial charge in [-0.2, -0.15) is 0 Å². The summed E-state index contributed by atoms with van der Waals surface area (Å²) < 4.78 is 0. The predicted octanol–water partition coefficient (Wildman–Crippen LogP) is 2.42. The topological polar surface area (TPSA) is 0 Å². The Balaban J connectivity index is 0. The summed E-state index contributed by atoms with van der Waals surface area (Å²) >= 11 is 0. The van der Waals surface area contributed by atoms with Crippen LogP contribution in [0.5, 0.6) is 0 Å². The molecular weight excluding hydrogens is 129 g/mol. The minimum Gasteiger partial charge on any atom is -0.0923 e. The van der Waals surface area contributed by atoms with Crippen molar-refractivity contribution < 1.29 is 0 Å². The van der Waals surface area contributed by atoms with Gasteiger partial charge in [-0.15, -0.1) is 0 Å². The van der Waals surface area contributed by atoms with Crippen molar-refractivity contribution in [2.24, 2.45) is 0 Å². The lowest BCUT2D eigenvalue weighted by Gasteiger charge is -1.86. The Bertz CT molecular complexity index is 42.6. The van der Waals surface area contributed by atoms with Gasteiger partial charge in [0.1, 0.15) is 0 Å². The molecule has 3 heteroatoms. The van der Waals surface area contributed by atoms with Crippen LogP contribution in [0, 0.1) is 0 Å². The average molecular weight is 148 g/mol. The first-order valence-electron chi connectivity index (χ1n) is 4.70. The van der Waals surface area contributed by atoms with Gasteiger partial charge in [-0.05, 0) is 0 Å². The molecule has 0 saturated heterocycles. The molecule has 0 aliphatic carbocycles. The van der Waals surface area contributed by atoms with Crippen molar-refractivity contribution >= 4 is 22.0 Å². The van der Waals surface area contributed by atoms with Crippen molar-refractivity contribution in [1.29, 1.82) is 0 Å². The third kappa shape index (κ3) is 25.4. The lowest BCUT2D eigenvalue weighted by atomic mass is 9.27. The molecule has 0 nitrogen and oxygen atoms in total. The van der Waals surface area contributed by atoms with Gasteiger partial charge in [0.2, 0.25) is 0 Å². The summed E-state index contributed by atoms with van der Waals surface area (Å²) in [7, 11) is 8.42. The highest BCUT2D eigenvalue weighted by Crippen LogP contribution is 1.95. The first-order chi connectivity index (χ1) is 5.33. The Morgan fingerprint density at radius 1 is 1.00 bits per heavy atom. The zero-order valence-electron chi connectivity index (χ0n) is 8.27. The molecule has 0 aromatic heterocycles. The van der Waals surface area contributed by atoms with Gasteiger partial charge in [0.05, 0.1) is 7.17 Å². The SMILES string of the molecule is CCCCCC.[B][B][B]CC. The van der Waals surface area contributed by atoms with Crippen LogP contribution in [-0.2, 0) is 0 Å². The molecule has 0 rings (SSSR count). The van der Waals surface area contributed by atoms with E-state index in [1.165, 1.54) is 25.7 Å². The fourth-order valence-corrected chi connectivity index (χ4v) is 0.636. The molecule has 0 fully saturated rings.